The fourth-order valence-electron chi connectivity index (χ4n) is 1.90. The van der Waals surface area contributed by atoms with Crippen LogP contribution in [0.5, 0.6) is 0 Å². The average Bonchev–Trinajstić information content (AvgIpc) is 2.39. The number of hydrogen-bond acceptors (Lipinski definition) is 2. The largest absolute Gasteiger partial charge is 0.359 e. The first-order chi connectivity index (χ1) is 7.95. The third-order valence-electron chi connectivity index (χ3n) is 2.66. The van der Waals surface area contributed by atoms with E-state index in [2.05, 4.69) is 40.5 Å². The smallest absolute Gasteiger partial charge is 0.0691 e. The molecule has 1 aliphatic rings. The van der Waals surface area contributed by atoms with Gasteiger partial charge in [0.2, 0.25) is 0 Å². The zero-order chi connectivity index (χ0) is 10.8. The van der Waals surface area contributed by atoms with E-state index in [0.717, 1.165) is 5.69 Å². The highest BCUT2D eigenvalue weighted by molar-refractivity contribution is 5.80. The Morgan fingerprint density at radius 3 is 2.44 bits per heavy atom. The van der Waals surface area contributed by atoms with Gasteiger partial charge in [-0.15, -0.1) is 0 Å². The number of nitrogens with zero attached hydrogens (tertiary/aromatic N) is 1. The van der Waals surface area contributed by atoms with Crippen molar-refractivity contribution in [1.82, 2.24) is 0 Å². The molecule has 2 aromatic rings. The van der Waals surface area contributed by atoms with Crippen LogP contribution in [0.4, 0.5) is 17.1 Å². The summed E-state index contributed by atoms with van der Waals surface area (Å²) in [6.07, 6.45) is 3.99. The molecule has 1 N–H and O–H groups in total. The third-order valence-corrected chi connectivity index (χ3v) is 2.66. The molecule has 0 spiro atoms. The van der Waals surface area contributed by atoms with Crippen LogP contribution in [-0.2, 0) is 0 Å². The molecule has 0 unspecified atom stereocenters. The summed E-state index contributed by atoms with van der Waals surface area (Å²) in [5, 5.41) is 3.24. The van der Waals surface area contributed by atoms with E-state index in [4.69, 9.17) is 0 Å². The Kier molecular flexibility index (Phi) is 2.11. The summed E-state index contributed by atoms with van der Waals surface area (Å²) in [6, 6.07) is 18.6. The minimum Gasteiger partial charge on any atom is -0.359 e. The summed E-state index contributed by atoms with van der Waals surface area (Å²) in [4.78, 5) is 2.17. The maximum absolute atomic E-state index is 3.24. The van der Waals surface area contributed by atoms with Crippen molar-refractivity contribution < 1.29 is 0 Å². The summed E-state index contributed by atoms with van der Waals surface area (Å²) in [7, 11) is 0. The van der Waals surface area contributed by atoms with Crippen LogP contribution in [0.15, 0.2) is 67.0 Å². The van der Waals surface area contributed by atoms with Crippen molar-refractivity contribution in [1.29, 1.82) is 0 Å². The Morgan fingerprint density at radius 1 is 0.812 bits per heavy atom. The van der Waals surface area contributed by atoms with Gasteiger partial charge in [-0.25, -0.2) is 0 Å². The van der Waals surface area contributed by atoms with Gasteiger partial charge in [-0.3, -0.25) is 0 Å². The number of anilines is 3. The van der Waals surface area contributed by atoms with Crippen molar-refractivity contribution in [3.05, 3.63) is 67.0 Å². The zero-order valence-corrected chi connectivity index (χ0v) is 8.80. The molecule has 0 bridgehead atoms. The van der Waals surface area contributed by atoms with E-state index in [0.29, 0.717) is 0 Å². The second-order valence-corrected chi connectivity index (χ2v) is 3.68. The number of rotatable bonds is 1. The molecule has 1 aliphatic heterocycles. The SMILES string of the molecule is C1=CN(c2ccccc2)c2ccccc2N1. The predicted octanol–water partition coefficient (Wildman–Crippen LogP) is 3.72. The molecule has 0 aliphatic carbocycles. The van der Waals surface area contributed by atoms with E-state index in [1.54, 1.807) is 0 Å². The third kappa shape index (κ3) is 1.44. The summed E-state index contributed by atoms with van der Waals surface area (Å²) in [5.74, 6) is 0. The molecule has 0 saturated heterocycles. The molecule has 1 heterocycles. The van der Waals surface area contributed by atoms with E-state index in [1.165, 1.54) is 11.4 Å². The lowest BCUT2D eigenvalue weighted by atomic mass is 10.2. The molecule has 16 heavy (non-hydrogen) atoms. The van der Waals surface area contributed by atoms with Gasteiger partial charge in [-0.05, 0) is 24.3 Å². The van der Waals surface area contributed by atoms with Gasteiger partial charge in [0.15, 0.2) is 0 Å². The highest BCUT2D eigenvalue weighted by Gasteiger charge is 2.12. The molecular weight excluding hydrogens is 196 g/mol. The number of fused-ring (bicyclic) bond motifs is 1. The van der Waals surface area contributed by atoms with Crippen LogP contribution in [0.1, 0.15) is 0 Å². The number of nitrogens with one attached hydrogen (secondary N) is 1. The molecule has 3 rings (SSSR count). The number of hydrogen-bond donors (Lipinski definition) is 1. The van der Waals surface area contributed by atoms with Gasteiger partial charge in [-0.1, -0.05) is 30.3 Å². The number of benzene rings is 2. The Bertz CT molecular complexity index is 517. The first-order valence-corrected chi connectivity index (χ1v) is 5.32. The van der Waals surface area contributed by atoms with Crippen LogP contribution < -0.4 is 10.2 Å². The fraction of sp³-hybridized carbons (Fsp3) is 0. The average molecular weight is 208 g/mol. The zero-order valence-electron chi connectivity index (χ0n) is 8.80. The molecule has 2 nitrogen and oxygen atoms in total. The van der Waals surface area contributed by atoms with Gasteiger partial charge in [0.25, 0.3) is 0 Å². The lowest BCUT2D eigenvalue weighted by Gasteiger charge is -2.26. The Hall–Kier alpha value is -2.22. The molecule has 0 atom stereocenters. The Balaban J connectivity index is 2.09. The molecule has 2 heteroatoms. The van der Waals surface area contributed by atoms with Crippen molar-refractivity contribution in [2.45, 2.75) is 0 Å². The topological polar surface area (TPSA) is 15.3 Å². The van der Waals surface area contributed by atoms with Crippen LogP contribution in [0, 0.1) is 0 Å². The summed E-state index contributed by atoms with van der Waals surface area (Å²) in [6.45, 7) is 0. The van der Waals surface area contributed by atoms with E-state index < -0.39 is 0 Å². The lowest BCUT2D eigenvalue weighted by molar-refractivity contribution is 1.25. The fourth-order valence-corrected chi connectivity index (χ4v) is 1.90. The van der Waals surface area contributed by atoms with Crippen LogP contribution in [0.25, 0.3) is 0 Å². The summed E-state index contributed by atoms with van der Waals surface area (Å²) in [5.41, 5.74) is 3.48. The molecule has 0 amide bonds. The molecule has 0 aromatic heterocycles. The molecule has 0 saturated carbocycles. The first-order valence-electron chi connectivity index (χ1n) is 5.32. The van der Waals surface area contributed by atoms with Crippen molar-refractivity contribution in [3.63, 3.8) is 0 Å². The minimum atomic E-state index is 1.13. The van der Waals surface area contributed by atoms with E-state index in [1.807, 2.05) is 36.7 Å². The van der Waals surface area contributed by atoms with E-state index in [9.17, 15) is 0 Å². The molecule has 0 radical (unpaired) electrons. The van der Waals surface area contributed by atoms with E-state index in [-0.39, 0.29) is 0 Å². The molecule has 78 valence electrons. The molecule has 0 fully saturated rings. The Labute approximate surface area is 94.8 Å². The predicted molar refractivity (Wildman–Crippen MR) is 67.8 cm³/mol. The maximum atomic E-state index is 3.24. The molecule has 2 aromatic carbocycles. The normalized spacial score (nSPS) is 13.1. The van der Waals surface area contributed by atoms with Crippen LogP contribution >= 0.6 is 0 Å². The van der Waals surface area contributed by atoms with Crippen LogP contribution in [0.3, 0.4) is 0 Å². The highest BCUT2D eigenvalue weighted by Crippen LogP contribution is 2.34. The van der Waals surface area contributed by atoms with E-state index >= 15 is 0 Å². The quantitative estimate of drug-likeness (QED) is 0.768. The van der Waals surface area contributed by atoms with Gasteiger partial charge in [0.1, 0.15) is 0 Å². The Morgan fingerprint density at radius 2 is 1.56 bits per heavy atom. The van der Waals surface area contributed by atoms with Gasteiger partial charge in [0, 0.05) is 18.1 Å². The lowest BCUT2D eigenvalue weighted by Crippen LogP contribution is -2.14. The van der Waals surface area contributed by atoms with Gasteiger partial charge < -0.3 is 10.2 Å². The minimum absolute atomic E-state index is 1.13. The van der Waals surface area contributed by atoms with Crippen molar-refractivity contribution >= 4 is 17.1 Å². The summed E-state index contributed by atoms with van der Waals surface area (Å²) >= 11 is 0. The second-order valence-electron chi connectivity index (χ2n) is 3.68. The first kappa shape index (κ1) is 9.04. The van der Waals surface area contributed by atoms with Gasteiger partial charge in [-0.2, -0.15) is 0 Å². The van der Waals surface area contributed by atoms with Gasteiger partial charge in [0.05, 0.1) is 11.4 Å². The summed E-state index contributed by atoms with van der Waals surface area (Å²) < 4.78 is 0. The van der Waals surface area contributed by atoms with Crippen molar-refractivity contribution in [2.75, 3.05) is 10.2 Å². The van der Waals surface area contributed by atoms with Gasteiger partial charge >= 0.3 is 0 Å². The van der Waals surface area contributed by atoms with Crippen LogP contribution in [-0.4, -0.2) is 0 Å². The number of para-hydroxylation sites is 3. The van der Waals surface area contributed by atoms with Crippen LogP contribution in [0.2, 0.25) is 0 Å². The molecular formula is C14H12N2. The maximum Gasteiger partial charge on any atom is 0.0691 e. The second kappa shape index (κ2) is 3.74. The standard InChI is InChI=1S/C14H12N2/c1-2-6-12(7-3-1)16-11-10-15-13-8-4-5-9-14(13)16/h1-11,15H. The van der Waals surface area contributed by atoms with Crippen molar-refractivity contribution in [3.8, 4) is 0 Å². The monoisotopic (exact) mass is 208 g/mol. The highest BCUT2D eigenvalue weighted by atomic mass is 15.2. The van der Waals surface area contributed by atoms with Crippen molar-refractivity contribution in [2.24, 2.45) is 0 Å².